The van der Waals surface area contributed by atoms with Gasteiger partial charge in [-0.05, 0) is 31.1 Å². The van der Waals surface area contributed by atoms with Crippen LogP contribution in [0.15, 0.2) is 0 Å². The molecule has 0 radical (unpaired) electrons. The molecule has 3 N–H and O–H groups in total. The third-order valence-electron chi connectivity index (χ3n) is 3.83. The lowest BCUT2D eigenvalue weighted by Crippen LogP contribution is -2.35. The molecule has 0 bridgehead atoms. The maximum Gasteiger partial charge on any atom is 0.221 e. The number of amides is 1. The third kappa shape index (κ3) is 6.06. The molecule has 0 aromatic heterocycles. The van der Waals surface area contributed by atoms with Crippen LogP contribution in [0.25, 0.3) is 0 Å². The van der Waals surface area contributed by atoms with Crippen LogP contribution in [0.5, 0.6) is 0 Å². The number of carbonyl (C=O) groups is 1. The summed E-state index contributed by atoms with van der Waals surface area (Å²) in [5.41, 5.74) is 5.85. The minimum atomic E-state index is 0.0337. The molecular weight excluding hydrogens is 212 g/mol. The second-order valence-corrected chi connectivity index (χ2v) is 5.68. The van der Waals surface area contributed by atoms with Gasteiger partial charge >= 0.3 is 0 Å². The summed E-state index contributed by atoms with van der Waals surface area (Å²) < 4.78 is 0. The van der Waals surface area contributed by atoms with Crippen molar-refractivity contribution < 1.29 is 4.79 Å². The summed E-state index contributed by atoms with van der Waals surface area (Å²) in [7, 11) is 0. The summed E-state index contributed by atoms with van der Waals surface area (Å²) in [4.78, 5) is 11.6. The fourth-order valence-corrected chi connectivity index (χ4v) is 2.57. The van der Waals surface area contributed by atoms with E-state index in [0.29, 0.717) is 12.3 Å². The number of nitrogens with one attached hydrogen (secondary N) is 1. The van der Waals surface area contributed by atoms with Gasteiger partial charge in [-0.1, -0.05) is 33.1 Å². The van der Waals surface area contributed by atoms with Gasteiger partial charge in [0.1, 0.15) is 0 Å². The summed E-state index contributed by atoms with van der Waals surface area (Å²) >= 11 is 0. The van der Waals surface area contributed by atoms with E-state index in [9.17, 15) is 4.79 Å². The summed E-state index contributed by atoms with van der Waals surface area (Å²) in [5.74, 6) is 1.70. The molecule has 0 heterocycles. The van der Waals surface area contributed by atoms with Crippen molar-refractivity contribution in [2.24, 2.45) is 17.6 Å². The SMILES string of the molecule is CCCC(N)CC(=O)NCC1CCC(C)CC1. The smallest absolute Gasteiger partial charge is 0.221 e. The van der Waals surface area contributed by atoms with Gasteiger partial charge in [-0.3, -0.25) is 4.79 Å². The molecule has 0 aromatic carbocycles. The zero-order chi connectivity index (χ0) is 12.7. The number of hydrogen-bond donors (Lipinski definition) is 2. The van der Waals surface area contributed by atoms with E-state index in [2.05, 4.69) is 19.2 Å². The van der Waals surface area contributed by atoms with Crippen LogP contribution in [0.3, 0.4) is 0 Å². The molecule has 0 aromatic rings. The Morgan fingerprint density at radius 1 is 1.35 bits per heavy atom. The van der Waals surface area contributed by atoms with E-state index in [0.717, 1.165) is 25.3 Å². The first kappa shape index (κ1) is 14.5. The Hall–Kier alpha value is -0.570. The fraction of sp³-hybridized carbons (Fsp3) is 0.929. The highest BCUT2D eigenvalue weighted by atomic mass is 16.1. The number of nitrogens with two attached hydrogens (primary N) is 1. The first-order valence-corrected chi connectivity index (χ1v) is 7.14. The van der Waals surface area contributed by atoms with Crippen LogP contribution >= 0.6 is 0 Å². The number of rotatable bonds is 6. The second kappa shape index (κ2) is 7.70. The molecule has 17 heavy (non-hydrogen) atoms. The van der Waals surface area contributed by atoms with Crippen LogP contribution in [0.2, 0.25) is 0 Å². The van der Waals surface area contributed by atoms with Crippen molar-refractivity contribution in [2.45, 2.75) is 64.8 Å². The third-order valence-corrected chi connectivity index (χ3v) is 3.83. The first-order chi connectivity index (χ1) is 8.11. The molecular formula is C14H28N2O. The molecule has 3 heteroatoms. The van der Waals surface area contributed by atoms with Gasteiger partial charge in [-0.25, -0.2) is 0 Å². The monoisotopic (exact) mass is 240 g/mol. The largest absolute Gasteiger partial charge is 0.356 e. The van der Waals surface area contributed by atoms with Crippen molar-refractivity contribution in [3.63, 3.8) is 0 Å². The van der Waals surface area contributed by atoms with Gasteiger partial charge in [0.05, 0.1) is 0 Å². The van der Waals surface area contributed by atoms with Gasteiger partial charge in [-0.15, -0.1) is 0 Å². The van der Waals surface area contributed by atoms with Gasteiger partial charge in [0.25, 0.3) is 0 Å². The first-order valence-electron chi connectivity index (χ1n) is 7.14. The molecule has 1 fully saturated rings. The van der Waals surface area contributed by atoms with Crippen molar-refractivity contribution in [2.75, 3.05) is 6.54 Å². The molecule has 0 aliphatic heterocycles. The van der Waals surface area contributed by atoms with Gasteiger partial charge in [0, 0.05) is 19.0 Å². The van der Waals surface area contributed by atoms with Crippen LogP contribution in [-0.2, 0) is 4.79 Å². The Morgan fingerprint density at radius 3 is 2.59 bits per heavy atom. The Labute approximate surface area is 106 Å². The van der Waals surface area contributed by atoms with Crippen molar-refractivity contribution in [3.8, 4) is 0 Å². The fourth-order valence-electron chi connectivity index (χ4n) is 2.57. The lowest BCUT2D eigenvalue weighted by atomic mass is 9.83. The zero-order valence-corrected chi connectivity index (χ0v) is 11.4. The highest BCUT2D eigenvalue weighted by Crippen LogP contribution is 2.27. The Kier molecular flexibility index (Phi) is 6.56. The van der Waals surface area contributed by atoms with Gasteiger partial charge in [-0.2, -0.15) is 0 Å². The minimum Gasteiger partial charge on any atom is -0.356 e. The number of carbonyl (C=O) groups excluding carboxylic acids is 1. The van der Waals surface area contributed by atoms with E-state index in [1.54, 1.807) is 0 Å². The standard InChI is InChI=1S/C14H28N2O/c1-3-4-13(15)9-14(17)16-10-12-7-5-11(2)6-8-12/h11-13H,3-10,15H2,1-2H3,(H,16,17). The lowest BCUT2D eigenvalue weighted by molar-refractivity contribution is -0.121. The minimum absolute atomic E-state index is 0.0337. The molecule has 1 atom stereocenters. The van der Waals surface area contributed by atoms with Crippen LogP contribution in [-0.4, -0.2) is 18.5 Å². The van der Waals surface area contributed by atoms with E-state index >= 15 is 0 Å². The van der Waals surface area contributed by atoms with Crippen molar-refractivity contribution >= 4 is 5.91 Å². The maximum atomic E-state index is 11.6. The summed E-state index contributed by atoms with van der Waals surface area (Å²) in [5, 5.41) is 3.04. The lowest BCUT2D eigenvalue weighted by Gasteiger charge is -2.26. The Bertz CT molecular complexity index is 222. The van der Waals surface area contributed by atoms with Crippen LogP contribution in [0, 0.1) is 11.8 Å². The maximum absolute atomic E-state index is 11.6. The van der Waals surface area contributed by atoms with Gasteiger partial charge < -0.3 is 11.1 Å². The van der Waals surface area contributed by atoms with Gasteiger partial charge in [0.15, 0.2) is 0 Å². The van der Waals surface area contributed by atoms with E-state index in [1.165, 1.54) is 25.7 Å². The predicted octanol–water partition coefficient (Wildman–Crippen LogP) is 2.45. The van der Waals surface area contributed by atoms with Crippen LogP contribution in [0.1, 0.15) is 58.8 Å². The molecule has 1 unspecified atom stereocenters. The molecule has 0 saturated heterocycles. The highest BCUT2D eigenvalue weighted by molar-refractivity contribution is 5.76. The summed E-state index contributed by atoms with van der Waals surface area (Å²) in [6.07, 6.45) is 7.64. The van der Waals surface area contributed by atoms with Crippen molar-refractivity contribution in [1.29, 1.82) is 0 Å². The second-order valence-electron chi connectivity index (χ2n) is 5.68. The zero-order valence-electron chi connectivity index (χ0n) is 11.4. The molecule has 0 spiro atoms. The molecule has 100 valence electrons. The van der Waals surface area contributed by atoms with E-state index in [-0.39, 0.29) is 11.9 Å². The Morgan fingerprint density at radius 2 is 2.00 bits per heavy atom. The summed E-state index contributed by atoms with van der Waals surface area (Å²) in [6.45, 7) is 5.27. The predicted molar refractivity (Wildman–Crippen MR) is 71.6 cm³/mol. The quantitative estimate of drug-likeness (QED) is 0.749. The van der Waals surface area contributed by atoms with Crippen molar-refractivity contribution in [3.05, 3.63) is 0 Å². The topological polar surface area (TPSA) is 55.1 Å². The summed E-state index contributed by atoms with van der Waals surface area (Å²) in [6, 6.07) is 0.0337. The van der Waals surface area contributed by atoms with E-state index < -0.39 is 0 Å². The van der Waals surface area contributed by atoms with Crippen LogP contribution < -0.4 is 11.1 Å². The molecule has 1 aliphatic carbocycles. The average Bonchev–Trinajstić information content (AvgIpc) is 2.28. The molecule has 1 aliphatic rings. The Balaban J connectivity index is 2.11. The average molecular weight is 240 g/mol. The van der Waals surface area contributed by atoms with E-state index in [4.69, 9.17) is 5.73 Å². The highest BCUT2D eigenvalue weighted by Gasteiger charge is 2.18. The normalized spacial score (nSPS) is 26.5. The molecule has 3 nitrogen and oxygen atoms in total. The van der Waals surface area contributed by atoms with Crippen LogP contribution in [0.4, 0.5) is 0 Å². The van der Waals surface area contributed by atoms with Gasteiger partial charge in [0.2, 0.25) is 5.91 Å². The molecule has 1 amide bonds. The molecule has 1 rings (SSSR count). The van der Waals surface area contributed by atoms with E-state index in [1.807, 2.05) is 0 Å². The number of hydrogen-bond acceptors (Lipinski definition) is 2. The molecule has 1 saturated carbocycles. The van der Waals surface area contributed by atoms with Crippen molar-refractivity contribution in [1.82, 2.24) is 5.32 Å².